The van der Waals surface area contributed by atoms with E-state index in [9.17, 15) is 14.7 Å². The van der Waals surface area contributed by atoms with E-state index in [4.69, 9.17) is 9.47 Å². The largest absolute Gasteiger partial charge is 0.481 e. The second kappa shape index (κ2) is 8.63. The number of carbonyl (C=O) groups excluding carboxylic acids is 1. The molecular weight excluding hydrogens is 312 g/mol. The molecule has 1 atom stereocenters. The summed E-state index contributed by atoms with van der Waals surface area (Å²) >= 11 is 0. The van der Waals surface area contributed by atoms with Gasteiger partial charge in [0.15, 0.2) is 0 Å². The molecule has 2 rings (SSSR count). The zero-order chi connectivity index (χ0) is 17.5. The lowest BCUT2D eigenvalue weighted by Gasteiger charge is -2.27. The van der Waals surface area contributed by atoms with Crippen LogP contribution in [0.5, 0.6) is 5.88 Å². The van der Waals surface area contributed by atoms with E-state index in [0.29, 0.717) is 37.5 Å². The summed E-state index contributed by atoms with van der Waals surface area (Å²) < 4.78 is 10.7. The number of rotatable bonds is 7. The van der Waals surface area contributed by atoms with E-state index in [-0.39, 0.29) is 24.5 Å². The minimum Gasteiger partial charge on any atom is -0.481 e. The van der Waals surface area contributed by atoms with Crippen LogP contribution in [0.15, 0.2) is 18.3 Å². The Morgan fingerprint density at radius 1 is 1.38 bits per heavy atom. The van der Waals surface area contributed by atoms with Gasteiger partial charge in [-0.3, -0.25) is 9.59 Å². The molecule has 7 heteroatoms. The van der Waals surface area contributed by atoms with Gasteiger partial charge in [0, 0.05) is 32.0 Å². The van der Waals surface area contributed by atoms with E-state index in [0.717, 1.165) is 0 Å². The van der Waals surface area contributed by atoms with Gasteiger partial charge in [-0.05, 0) is 38.7 Å². The van der Waals surface area contributed by atoms with Crippen molar-refractivity contribution in [3.05, 3.63) is 23.9 Å². The summed E-state index contributed by atoms with van der Waals surface area (Å²) in [4.78, 5) is 27.7. The Bertz CT molecular complexity index is 553. The van der Waals surface area contributed by atoms with Gasteiger partial charge in [-0.25, -0.2) is 4.98 Å². The van der Waals surface area contributed by atoms with Crippen molar-refractivity contribution in [1.29, 1.82) is 0 Å². The summed E-state index contributed by atoms with van der Waals surface area (Å²) in [6.07, 6.45) is 2.84. The number of nitrogens with zero attached hydrogens (tertiary/aromatic N) is 1. The molecule has 0 radical (unpaired) electrons. The molecule has 7 nitrogen and oxygen atoms in total. The molecule has 1 unspecified atom stereocenters. The molecule has 1 aliphatic heterocycles. The van der Waals surface area contributed by atoms with Crippen LogP contribution < -0.4 is 10.1 Å². The average molecular weight is 336 g/mol. The predicted molar refractivity (Wildman–Crippen MR) is 87.0 cm³/mol. The van der Waals surface area contributed by atoms with Crippen LogP contribution in [0, 0.1) is 11.8 Å². The van der Waals surface area contributed by atoms with E-state index in [1.807, 2.05) is 13.8 Å². The fourth-order valence-corrected chi connectivity index (χ4v) is 2.70. The summed E-state index contributed by atoms with van der Waals surface area (Å²) in [5, 5.41) is 12.1. The number of carboxylic acids is 1. The van der Waals surface area contributed by atoms with Gasteiger partial charge in [0.2, 0.25) is 5.88 Å². The Hall–Kier alpha value is -2.15. The lowest BCUT2D eigenvalue weighted by atomic mass is 9.86. The zero-order valence-corrected chi connectivity index (χ0v) is 14.0. The van der Waals surface area contributed by atoms with E-state index in [2.05, 4.69) is 10.3 Å². The van der Waals surface area contributed by atoms with Gasteiger partial charge < -0.3 is 19.9 Å². The molecule has 0 spiro atoms. The third kappa shape index (κ3) is 5.19. The molecule has 2 N–H and O–H groups in total. The number of aliphatic carboxylic acids is 1. The third-order valence-electron chi connectivity index (χ3n) is 3.99. The van der Waals surface area contributed by atoms with Crippen molar-refractivity contribution in [3.8, 4) is 5.88 Å². The molecule has 1 aromatic rings. The monoisotopic (exact) mass is 336 g/mol. The summed E-state index contributed by atoms with van der Waals surface area (Å²) in [5.41, 5.74) is 0.377. The highest BCUT2D eigenvalue weighted by molar-refractivity contribution is 5.94. The van der Waals surface area contributed by atoms with Crippen LogP contribution in [0.3, 0.4) is 0 Å². The highest BCUT2D eigenvalue weighted by Crippen LogP contribution is 2.23. The van der Waals surface area contributed by atoms with Crippen LogP contribution in [-0.2, 0) is 9.53 Å². The summed E-state index contributed by atoms with van der Waals surface area (Å²) in [6, 6.07) is 3.24. The molecule has 1 amide bonds. The molecule has 2 heterocycles. The fourth-order valence-electron chi connectivity index (χ4n) is 2.70. The Kier molecular flexibility index (Phi) is 6.54. The Balaban J connectivity index is 1.91. The van der Waals surface area contributed by atoms with E-state index in [1.54, 1.807) is 12.1 Å². The number of pyridine rings is 1. The number of hydrogen-bond acceptors (Lipinski definition) is 5. The van der Waals surface area contributed by atoms with Gasteiger partial charge in [-0.2, -0.15) is 0 Å². The second-order valence-corrected chi connectivity index (χ2v) is 6.16. The van der Waals surface area contributed by atoms with Crippen molar-refractivity contribution >= 4 is 11.9 Å². The molecular formula is C17H24N2O5. The molecule has 1 fully saturated rings. The molecule has 1 saturated heterocycles. The highest BCUT2D eigenvalue weighted by atomic mass is 16.5. The van der Waals surface area contributed by atoms with E-state index >= 15 is 0 Å². The maximum absolute atomic E-state index is 12.2. The average Bonchev–Trinajstić information content (AvgIpc) is 2.55. The van der Waals surface area contributed by atoms with Crippen LogP contribution in [0.25, 0.3) is 0 Å². The molecule has 24 heavy (non-hydrogen) atoms. The molecule has 0 aromatic carbocycles. The van der Waals surface area contributed by atoms with Crippen molar-refractivity contribution in [2.24, 2.45) is 11.8 Å². The fraction of sp³-hybridized carbons (Fsp3) is 0.588. The number of nitrogens with one attached hydrogen (secondary N) is 1. The predicted octanol–water partition coefficient (Wildman–Crippen LogP) is 1.73. The maximum Gasteiger partial charge on any atom is 0.308 e. The smallest absolute Gasteiger partial charge is 0.308 e. The number of carboxylic acid groups (broad SMARTS) is 1. The molecule has 0 aliphatic carbocycles. The van der Waals surface area contributed by atoms with Gasteiger partial charge in [0.25, 0.3) is 5.91 Å². The van der Waals surface area contributed by atoms with Gasteiger partial charge in [-0.1, -0.05) is 0 Å². The lowest BCUT2D eigenvalue weighted by Crippen LogP contribution is -2.39. The number of ether oxygens (including phenoxy) is 2. The van der Waals surface area contributed by atoms with Crippen molar-refractivity contribution in [1.82, 2.24) is 10.3 Å². The third-order valence-corrected chi connectivity index (χ3v) is 3.99. The van der Waals surface area contributed by atoms with Crippen LogP contribution in [-0.4, -0.2) is 47.8 Å². The molecule has 1 aromatic heterocycles. The number of amides is 1. The number of aromatic nitrogens is 1. The number of hydrogen-bond donors (Lipinski definition) is 2. The minimum absolute atomic E-state index is 0.00738. The summed E-state index contributed by atoms with van der Waals surface area (Å²) in [6.45, 7) is 5.03. The van der Waals surface area contributed by atoms with Crippen molar-refractivity contribution < 1.29 is 24.2 Å². The van der Waals surface area contributed by atoms with Gasteiger partial charge in [-0.15, -0.1) is 0 Å². The zero-order valence-electron chi connectivity index (χ0n) is 14.0. The van der Waals surface area contributed by atoms with Gasteiger partial charge in [0.05, 0.1) is 17.6 Å². The van der Waals surface area contributed by atoms with Crippen molar-refractivity contribution in [2.75, 3.05) is 19.8 Å². The van der Waals surface area contributed by atoms with Crippen LogP contribution in [0.2, 0.25) is 0 Å². The minimum atomic E-state index is -0.888. The lowest BCUT2D eigenvalue weighted by molar-refractivity contribution is -0.144. The molecule has 0 saturated carbocycles. The first kappa shape index (κ1) is 18.2. The Morgan fingerprint density at radius 2 is 2.08 bits per heavy atom. The van der Waals surface area contributed by atoms with Gasteiger partial charge >= 0.3 is 5.97 Å². The van der Waals surface area contributed by atoms with Crippen LogP contribution in [0.1, 0.15) is 37.0 Å². The highest BCUT2D eigenvalue weighted by Gasteiger charge is 2.30. The van der Waals surface area contributed by atoms with Crippen LogP contribution >= 0.6 is 0 Å². The van der Waals surface area contributed by atoms with Crippen molar-refractivity contribution in [3.63, 3.8) is 0 Å². The SMILES string of the molecule is CC(C)Oc1ccc(C(=O)NCC(C(=O)O)C2CCOCC2)cn1. The topological polar surface area (TPSA) is 97.8 Å². The van der Waals surface area contributed by atoms with Gasteiger partial charge in [0.1, 0.15) is 0 Å². The van der Waals surface area contributed by atoms with E-state index < -0.39 is 11.9 Å². The standard InChI is InChI=1S/C17H24N2O5/c1-11(2)24-15-4-3-13(9-18-15)16(20)19-10-14(17(21)22)12-5-7-23-8-6-12/h3-4,9,11-12,14H,5-8,10H2,1-2H3,(H,19,20)(H,21,22). The first-order valence-electron chi connectivity index (χ1n) is 8.19. The summed E-state index contributed by atoms with van der Waals surface area (Å²) in [7, 11) is 0. The summed E-state index contributed by atoms with van der Waals surface area (Å²) in [5.74, 6) is -1.35. The first-order chi connectivity index (χ1) is 11.5. The second-order valence-electron chi connectivity index (χ2n) is 6.16. The maximum atomic E-state index is 12.2. The van der Waals surface area contributed by atoms with E-state index in [1.165, 1.54) is 6.20 Å². The quantitative estimate of drug-likeness (QED) is 0.787. The molecule has 132 valence electrons. The van der Waals surface area contributed by atoms with Crippen LogP contribution in [0.4, 0.5) is 0 Å². The molecule has 1 aliphatic rings. The Morgan fingerprint density at radius 3 is 2.62 bits per heavy atom. The number of carbonyl (C=O) groups is 2. The van der Waals surface area contributed by atoms with Crippen molar-refractivity contribution in [2.45, 2.75) is 32.8 Å². The first-order valence-corrected chi connectivity index (χ1v) is 8.19. The normalized spacial score (nSPS) is 16.6. The Labute approximate surface area is 141 Å². The molecule has 0 bridgehead atoms.